The van der Waals surface area contributed by atoms with Gasteiger partial charge in [-0.3, -0.25) is 28.5 Å². The number of ether oxygens (including phenoxy) is 2. The Morgan fingerprint density at radius 3 is 1.00 bits per heavy atom. The highest BCUT2D eigenvalue weighted by molar-refractivity contribution is 7.52. The van der Waals surface area contributed by atoms with Crippen LogP contribution in [0.3, 0.4) is 0 Å². The van der Waals surface area contributed by atoms with Gasteiger partial charge in [-0.1, -0.05) is 27.7 Å². The molecule has 0 radical (unpaired) electrons. The van der Waals surface area contributed by atoms with Gasteiger partial charge in [0.1, 0.15) is 12.2 Å². The first kappa shape index (κ1) is 44.3. The van der Waals surface area contributed by atoms with Crippen LogP contribution in [0.15, 0.2) is 0 Å². The second kappa shape index (κ2) is 14.5. The Kier molecular flexibility index (Phi) is 13.1. The second-order valence-electron chi connectivity index (χ2n) is 17.6. The van der Waals surface area contributed by atoms with E-state index in [2.05, 4.69) is 9.80 Å². The fourth-order valence-corrected chi connectivity index (χ4v) is 12.7. The lowest BCUT2D eigenvalue weighted by Gasteiger charge is -2.58. The highest BCUT2D eigenvalue weighted by Crippen LogP contribution is 2.67. The van der Waals surface area contributed by atoms with Crippen molar-refractivity contribution in [1.29, 1.82) is 0 Å². The number of carbonyl (C=O) groups is 2. The van der Waals surface area contributed by atoms with E-state index >= 15 is 9.59 Å². The largest absolute Gasteiger partial charge is 0.461 e. The van der Waals surface area contributed by atoms with Crippen molar-refractivity contribution in [3.05, 3.63) is 0 Å². The molecule has 2 fully saturated rings. The molecule has 0 aliphatic carbocycles. The van der Waals surface area contributed by atoms with Crippen molar-refractivity contribution < 1.29 is 47.8 Å². The summed E-state index contributed by atoms with van der Waals surface area (Å²) in [5.41, 5.74) is -7.72. The minimum absolute atomic E-state index is 0.0590. The third kappa shape index (κ3) is 8.70. The molecule has 0 aromatic carbocycles. The first-order valence-electron chi connectivity index (χ1n) is 17.9. The predicted molar refractivity (Wildman–Crippen MR) is 192 cm³/mol. The van der Waals surface area contributed by atoms with Crippen molar-refractivity contribution in [1.82, 2.24) is 9.80 Å². The summed E-state index contributed by atoms with van der Waals surface area (Å²) in [5.74, 6) is -2.06. The molecule has 0 aromatic heterocycles. The normalized spacial score (nSPS) is 22.9. The topological polar surface area (TPSA) is 174 Å². The molecule has 0 aromatic rings. The van der Waals surface area contributed by atoms with Crippen molar-refractivity contribution in [2.24, 2.45) is 16.2 Å². The molecule has 0 amide bonds. The maximum absolute atomic E-state index is 15.5. The number of rotatable bonds is 14. The number of nitrogens with zero attached hydrogens (tertiary/aromatic N) is 2. The molecule has 0 spiro atoms. The van der Waals surface area contributed by atoms with Gasteiger partial charge in [0.15, 0.2) is 5.41 Å². The zero-order valence-corrected chi connectivity index (χ0v) is 34.5. The van der Waals surface area contributed by atoms with Crippen LogP contribution in [0.1, 0.15) is 134 Å². The van der Waals surface area contributed by atoms with E-state index in [1.807, 2.05) is 69.5 Å². The Morgan fingerprint density at radius 1 is 0.592 bits per heavy atom. The van der Waals surface area contributed by atoms with Crippen molar-refractivity contribution in [3.63, 3.8) is 0 Å². The van der Waals surface area contributed by atoms with Gasteiger partial charge in [0.25, 0.3) is 0 Å². The average Bonchev–Trinajstić information content (AvgIpc) is 2.91. The Hall–Kier alpha value is -0.840. The summed E-state index contributed by atoms with van der Waals surface area (Å²) >= 11 is 0. The maximum atomic E-state index is 15.5. The van der Waals surface area contributed by atoms with Gasteiger partial charge in [0.05, 0.1) is 12.3 Å². The van der Waals surface area contributed by atoms with Crippen LogP contribution in [0.4, 0.5) is 0 Å². The molecule has 2 heterocycles. The molecule has 4 N–H and O–H groups in total. The lowest BCUT2D eigenvalue weighted by atomic mass is 9.48. The van der Waals surface area contributed by atoms with E-state index in [0.29, 0.717) is 25.7 Å². The van der Waals surface area contributed by atoms with Crippen LogP contribution in [0.5, 0.6) is 0 Å². The molecule has 0 bridgehead atoms. The van der Waals surface area contributed by atoms with Gasteiger partial charge in [-0.25, -0.2) is 0 Å². The SMILES string of the molecule is CCC(CC)(CP(=O)(O)O)C(C(=O)OC1CC(C)(C)N(C)C(C)(C)C1)(C(=O)OC1CC(C)(C)N(C)C(C)(C)C1)C(CC)(CC)CP(=O)(O)O. The lowest BCUT2D eigenvalue weighted by molar-refractivity contribution is -0.214. The van der Waals surface area contributed by atoms with E-state index in [9.17, 15) is 28.7 Å². The van der Waals surface area contributed by atoms with Gasteiger partial charge in [0.2, 0.25) is 0 Å². The lowest BCUT2D eigenvalue weighted by Crippen LogP contribution is -2.68. The van der Waals surface area contributed by atoms with Crippen LogP contribution in [0.2, 0.25) is 0 Å². The number of hydrogen-bond donors (Lipinski definition) is 4. The summed E-state index contributed by atoms with van der Waals surface area (Å²) < 4.78 is 39.0. The maximum Gasteiger partial charge on any atom is 0.326 e. The van der Waals surface area contributed by atoms with Crippen LogP contribution in [-0.4, -0.2) is 102 Å². The minimum atomic E-state index is -4.95. The van der Waals surface area contributed by atoms with Crippen LogP contribution < -0.4 is 0 Å². The van der Waals surface area contributed by atoms with Gasteiger partial charge in [0, 0.05) is 58.7 Å². The number of hydrogen-bond acceptors (Lipinski definition) is 8. The fourth-order valence-electron chi connectivity index (χ4n) is 9.75. The third-order valence-electron chi connectivity index (χ3n) is 13.0. The molecule has 0 atom stereocenters. The second-order valence-corrected chi connectivity index (χ2v) is 20.9. The highest BCUT2D eigenvalue weighted by Gasteiger charge is 2.73. The first-order chi connectivity index (χ1) is 21.9. The molecule has 2 aliphatic rings. The monoisotopic (exact) mass is 738 g/mol. The zero-order valence-electron chi connectivity index (χ0n) is 32.8. The molecule has 0 saturated carbocycles. The summed E-state index contributed by atoms with van der Waals surface area (Å²) in [7, 11) is -5.89. The minimum Gasteiger partial charge on any atom is -0.461 e. The quantitative estimate of drug-likeness (QED) is 0.0887. The van der Waals surface area contributed by atoms with Crippen molar-refractivity contribution in [2.45, 2.75) is 169 Å². The van der Waals surface area contributed by atoms with E-state index < -0.39 is 90.1 Å². The van der Waals surface area contributed by atoms with E-state index in [0.717, 1.165) is 0 Å². The predicted octanol–water partition coefficient (Wildman–Crippen LogP) is 6.33. The summed E-state index contributed by atoms with van der Waals surface area (Å²) in [6.07, 6.45) is -1.70. The standard InChI is InChI=1S/C35H68N2O10P2/c1-15-33(16-2,23-48(40,41)42)35(34(17-3,18-4)24-49(43,44)45,27(38)46-25-19-29(5,6)36(13)30(7,8)20-25)28(39)47-26-21-31(9,10)37(14)32(11,12)22-26/h25-26H,15-24H2,1-14H3,(H2,40,41,42)(H2,43,44,45). The molecule has 2 aliphatic heterocycles. The number of esters is 2. The average molecular weight is 739 g/mol. The van der Waals surface area contributed by atoms with E-state index in [1.165, 1.54) is 0 Å². The van der Waals surface area contributed by atoms with E-state index in [-0.39, 0.29) is 25.7 Å². The Bertz CT molecular complexity index is 1160. The molecular formula is C35H68N2O10P2. The van der Waals surface area contributed by atoms with Crippen LogP contribution in [0.25, 0.3) is 0 Å². The molecule has 288 valence electrons. The zero-order chi connectivity index (χ0) is 38.4. The van der Waals surface area contributed by atoms with Crippen molar-refractivity contribution in [2.75, 3.05) is 26.4 Å². The summed E-state index contributed by atoms with van der Waals surface area (Å²) in [6, 6.07) is 0. The van der Waals surface area contributed by atoms with Crippen molar-refractivity contribution >= 4 is 27.1 Å². The Labute approximate surface area is 295 Å². The molecule has 14 heteroatoms. The number of likely N-dealkylation sites (tertiary alicyclic amines) is 2. The third-order valence-corrected chi connectivity index (χ3v) is 15.1. The molecule has 12 nitrogen and oxygen atoms in total. The number of carbonyl (C=O) groups excluding carboxylic acids is 2. The molecule has 2 rings (SSSR count). The smallest absolute Gasteiger partial charge is 0.326 e. The van der Waals surface area contributed by atoms with Gasteiger partial charge >= 0.3 is 27.1 Å². The summed E-state index contributed by atoms with van der Waals surface area (Å²) in [4.78, 5) is 77.8. The van der Waals surface area contributed by atoms with Crippen LogP contribution in [0, 0.1) is 16.2 Å². The summed E-state index contributed by atoms with van der Waals surface area (Å²) in [6.45, 7) is 22.9. The van der Waals surface area contributed by atoms with Crippen molar-refractivity contribution in [3.8, 4) is 0 Å². The Morgan fingerprint density at radius 2 is 0.816 bits per heavy atom. The molecular weight excluding hydrogens is 670 g/mol. The van der Waals surface area contributed by atoms with Gasteiger partial charge in [-0.2, -0.15) is 0 Å². The molecule has 0 unspecified atom stereocenters. The summed E-state index contributed by atoms with van der Waals surface area (Å²) in [5, 5.41) is 0. The van der Waals surface area contributed by atoms with Gasteiger partial charge in [-0.05, 0) is 95.2 Å². The van der Waals surface area contributed by atoms with Gasteiger partial charge < -0.3 is 29.0 Å². The van der Waals surface area contributed by atoms with Gasteiger partial charge in [-0.15, -0.1) is 0 Å². The van der Waals surface area contributed by atoms with E-state index in [4.69, 9.17) is 9.47 Å². The highest BCUT2D eigenvalue weighted by atomic mass is 31.2. The first-order valence-corrected chi connectivity index (χ1v) is 21.5. The fraction of sp³-hybridized carbons (Fsp3) is 0.943. The molecule has 2 saturated heterocycles. The molecule has 49 heavy (non-hydrogen) atoms. The Balaban J connectivity index is 3.06. The number of piperidine rings is 2. The van der Waals surface area contributed by atoms with Crippen LogP contribution >= 0.6 is 15.2 Å². The van der Waals surface area contributed by atoms with E-state index in [1.54, 1.807) is 27.7 Å². The van der Waals surface area contributed by atoms with Crippen LogP contribution in [-0.2, 0) is 28.2 Å².